The van der Waals surface area contributed by atoms with Gasteiger partial charge < -0.3 is 26.2 Å². The van der Waals surface area contributed by atoms with Gasteiger partial charge in [-0.3, -0.25) is 9.59 Å². The van der Waals surface area contributed by atoms with Crippen LogP contribution in [0.4, 0.5) is 5.82 Å². The Balaban J connectivity index is 0.881. The normalized spacial score (nSPS) is 22.7. The topological polar surface area (TPSA) is 127 Å². The van der Waals surface area contributed by atoms with Gasteiger partial charge in [-0.2, -0.15) is 0 Å². The number of ketones is 2. The SMILES string of the molecule is COc1cc(C=CC(=O)CC(=O)CCCC2(CC3C4CCNCC4CC4C=CCNC43)CCCC2)c(Cc2cnc(N)cc2CCc2cccc(CCc3ccccc3)c2)cc1O. The van der Waals surface area contributed by atoms with Crippen molar-refractivity contribution in [2.24, 2.45) is 29.1 Å². The summed E-state index contributed by atoms with van der Waals surface area (Å²) in [5, 5.41) is 18.5. The number of aryl methyl sites for hydroxylation is 4. The van der Waals surface area contributed by atoms with Gasteiger partial charge in [0.25, 0.3) is 0 Å². The van der Waals surface area contributed by atoms with E-state index in [0.29, 0.717) is 47.7 Å². The Hall–Kier alpha value is -5.05. The number of benzene rings is 3. The van der Waals surface area contributed by atoms with Crippen molar-refractivity contribution in [3.05, 3.63) is 136 Å². The number of carbonyl (C=O) groups excluding carboxylic acids is 2. The van der Waals surface area contributed by atoms with Crippen molar-refractivity contribution in [3.63, 3.8) is 0 Å². The predicted octanol–water partition coefficient (Wildman–Crippen LogP) is 9.59. The second-order valence-corrected chi connectivity index (χ2v) is 19.2. The van der Waals surface area contributed by atoms with E-state index in [2.05, 4.69) is 82.4 Å². The number of allylic oxidation sites excluding steroid dienone is 1. The quantitative estimate of drug-likeness (QED) is 0.0418. The molecule has 2 aliphatic carbocycles. The summed E-state index contributed by atoms with van der Waals surface area (Å²) in [6.45, 7) is 3.26. The number of methoxy groups -OCH3 is 1. The Kier molecular flexibility index (Phi) is 14.9. The van der Waals surface area contributed by atoms with E-state index in [-0.39, 0.29) is 23.7 Å². The first kappa shape index (κ1) is 44.6. The van der Waals surface area contributed by atoms with Crippen molar-refractivity contribution in [1.29, 1.82) is 0 Å². The van der Waals surface area contributed by atoms with E-state index >= 15 is 0 Å². The number of carbonyl (C=O) groups is 2. The second-order valence-electron chi connectivity index (χ2n) is 19.2. The summed E-state index contributed by atoms with van der Waals surface area (Å²) in [4.78, 5) is 31.1. The smallest absolute Gasteiger partial charge is 0.163 e. The average Bonchev–Trinajstić information content (AvgIpc) is 3.76. The number of phenols is 1. The lowest BCUT2D eigenvalue weighted by molar-refractivity contribution is -0.124. The number of hydrogen-bond acceptors (Lipinski definition) is 8. The molecule has 4 aromatic rings. The molecule has 0 radical (unpaired) electrons. The molecule has 8 heteroatoms. The second kappa shape index (κ2) is 21.1. The molecule has 63 heavy (non-hydrogen) atoms. The Morgan fingerprint density at radius 1 is 0.937 bits per heavy atom. The van der Waals surface area contributed by atoms with Gasteiger partial charge in [0.05, 0.1) is 13.5 Å². The highest BCUT2D eigenvalue weighted by atomic mass is 16.5. The number of Topliss-reactive ketones (excluding diaryl/α,β-unsaturated/α-hetero) is 1. The highest BCUT2D eigenvalue weighted by molar-refractivity contribution is 6.06. The lowest BCUT2D eigenvalue weighted by Crippen LogP contribution is -2.56. The molecule has 8 nitrogen and oxygen atoms in total. The van der Waals surface area contributed by atoms with Crippen LogP contribution in [-0.4, -0.2) is 54.4 Å². The number of phenolic OH excluding ortho intramolecular Hbond substituents is 1. The molecule has 332 valence electrons. The monoisotopic (exact) mass is 849 g/mol. The summed E-state index contributed by atoms with van der Waals surface area (Å²) in [5.74, 6) is 3.45. The van der Waals surface area contributed by atoms with Gasteiger partial charge in [0.15, 0.2) is 17.3 Å². The lowest BCUT2D eigenvalue weighted by Gasteiger charge is -2.52. The van der Waals surface area contributed by atoms with E-state index in [9.17, 15) is 14.7 Å². The summed E-state index contributed by atoms with van der Waals surface area (Å²) < 4.78 is 5.47. The number of piperidine rings is 1. The molecule has 0 bridgehead atoms. The Bertz CT molecular complexity index is 2240. The van der Waals surface area contributed by atoms with E-state index in [1.807, 2.05) is 12.3 Å². The van der Waals surface area contributed by atoms with Crippen LogP contribution < -0.4 is 21.1 Å². The fraction of sp³-hybridized carbons (Fsp3) is 0.473. The van der Waals surface area contributed by atoms with Gasteiger partial charge >= 0.3 is 0 Å². The van der Waals surface area contributed by atoms with Gasteiger partial charge in [0, 0.05) is 25.2 Å². The fourth-order valence-electron chi connectivity index (χ4n) is 11.8. The molecule has 3 aromatic carbocycles. The van der Waals surface area contributed by atoms with Gasteiger partial charge in [-0.05, 0) is 182 Å². The molecular weight excluding hydrogens is 781 g/mol. The van der Waals surface area contributed by atoms with Crippen LogP contribution in [0.3, 0.4) is 0 Å². The maximum atomic E-state index is 13.4. The minimum atomic E-state index is -0.212. The number of aromatic nitrogens is 1. The third-order valence-corrected chi connectivity index (χ3v) is 15.0. The number of aromatic hydroxyl groups is 1. The Morgan fingerprint density at radius 2 is 1.71 bits per heavy atom. The van der Waals surface area contributed by atoms with Crippen molar-refractivity contribution in [2.75, 3.05) is 32.5 Å². The van der Waals surface area contributed by atoms with Gasteiger partial charge in [-0.1, -0.05) is 85.7 Å². The molecule has 2 aliphatic heterocycles. The molecule has 2 saturated carbocycles. The van der Waals surface area contributed by atoms with Crippen LogP contribution in [0.15, 0.2) is 97.2 Å². The molecule has 1 aromatic heterocycles. The Morgan fingerprint density at radius 3 is 2.52 bits per heavy atom. The molecule has 5 unspecified atom stereocenters. The summed E-state index contributed by atoms with van der Waals surface area (Å²) >= 11 is 0. The number of ether oxygens (including phenoxy) is 1. The molecular formula is C55H68N4O4. The maximum absolute atomic E-state index is 13.4. The van der Waals surface area contributed by atoms with Gasteiger partial charge in [0.1, 0.15) is 11.6 Å². The number of nitrogens with one attached hydrogen (secondary N) is 2. The molecule has 0 amide bonds. The summed E-state index contributed by atoms with van der Waals surface area (Å²) in [5.41, 5.74) is 14.1. The largest absolute Gasteiger partial charge is 0.504 e. The molecule has 4 aliphatic rings. The van der Waals surface area contributed by atoms with E-state index in [1.165, 1.54) is 74.8 Å². The zero-order valence-electron chi connectivity index (χ0n) is 37.3. The van der Waals surface area contributed by atoms with Crippen molar-refractivity contribution < 1.29 is 19.4 Å². The van der Waals surface area contributed by atoms with E-state index < -0.39 is 0 Å². The van der Waals surface area contributed by atoms with Crippen molar-refractivity contribution in [3.8, 4) is 11.5 Å². The van der Waals surface area contributed by atoms with Crippen LogP contribution in [-0.2, 0) is 41.7 Å². The number of nitrogens with zero attached hydrogens (tertiary/aromatic N) is 1. The minimum Gasteiger partial charge on any atom is -0.504 e. The van der Waals surface area contributed by atoms with Gasteiger partial charge in [-0.15, -0.1) is 0 Å². The van der Waals surface area contributed by atoms with Crippen LogP contribution in [0.1, 0.15) is 110 Å². The highest BCUT2D eigenvalue weighted by Crippen LogP contribution is 2.53. The molecule has 3 fully saturated rings. The third-order valence-electron chi connectivity index (χ3n) is 15.0. The van der Waals surface area contributed by atoms with E-state index in [4.69, 9.17) is 10.5 Å². The number of fused-ring (bicyclic) bond motifs is 2. The molecule has 5 atom stereocenters. The van der Waals surface area contributed by atoms with Crippen molar-refractivity contribution in [2.45, 2.75) is 109 Å². The summed E-state index contributed by atoms with van der Waals surface area (Å²) in [6.07, 6.45) is 25.2. The predicted molar refractivity (Wildman–Crippen MR) is 254 cm³/mol. The first-order chi connectivity index (χ1) is 30.7. The zero-order chi connectivity index (χ0) is 43.6. The standard InChI is InChI=1S/C55H68N4O4/c1-63-52-32-41(44(31-51(52)62)30-45-37-59-53(56)33-42(45)19-18-40-13-7-12-39(28-40)17-16-38-10-3-2-4-11-38)20-21-48(61)34-47(60)15-8-25-55(23-5-6-24-55)35-50-49-22-27-57-36-46(49)29-43-14-9-26-58-54(43)50/h2-4,7,9-14,20-21,28,31-33,37,43,46,49-50,54,57-58,62H,5-6,8,15-19,22-27,29-30,34-36H2,1H3,(H2,56,59). The number of nitrogen functional groups attached to an aromatic ring is 1. The number of hydrogen-bond donors (Lipinski definition) is 4. The van der Waals surface area contributed by atoms with Gasteiger partial charge in [0.2, 0.25) is 0 Å². The number of rotatable bonds is 19. The van der Waals surface area contributed by atoms with Crippen LogP contribution in [0, 0.1) is 29.1 Å². The van der Waals surface area contributed by atoms with Crippen molar-refractivity contribution in [1.82, 2.24) is 15.6 Å². The molecule has 5 N–H and O–H groups in total. The number of pyridine rings is 1. The zero-order valence-corrected chi connectivity index (χ0v) is 37.3. The van der Waals surface area contributed by atoms with Gasteiger partial charge in [-0.25, -0.2) is 4.98 Å². The number of anilines is 1. The fourth-order valence-corrected chi connectivity index (χ4v) is 11.8. The summed E-state index contributed by atoms with van der Waals surface area (Å²) in [6, 6.07) is 25.4. The van der Waals surface area contributed by atoms with Crippen LogP contribution >= 0.6 is 0 Å². The maximum Gasteiger partial charge on any atom is 0.163 e. The Labute approximate surface area is 375 Å². The first-order valence-corrected chi connectivity index (χ1v) is 23.8. The number of nitrogens with two attached hydrogens (primary N) is 1. The van der Waals surface area contributed by atoms with E-state index in [1.54, 1.807) is 18.2 Å². The molecule has 0 spiro atoms. The lowest BCUT2D eigenvalue weighted by atomic mass is 9.57. The summed E-state index contributed by atoms with van der Waals surface area (Å²) in [7, 11) is 1.51. The third kappa shape index (κ3) is 11.6. The van der Waals surface area contributed by atoms with Crippen LogP contribution in [0.5, 0.6) is 11.5 Å². The molecule has 3 heterocycles. The van der Waals surface area contributed by atoms with Crippen molar-refractivity contribution >= 4 is 23.5 Å². The minimum absolute atomic E-state index is 0.0101. The average molecular weight is 849 g/mol. The molecule has 8 rings (SSSR count). The molecule has 1 saturated heterocycles. The van der Waals surface area contributed by atoms with Crippen LogP contribution in [0.25, 0.3) is 6.08 Å². The van der Waals surface area contributed by atoms with Crippen LogP contribution in [0.2, 0.25) is 0 Å². The highest BCUT2D eigenvalue weighted by Gasteiger charge is 2.48. The van der Waals surface area contributed by atoms with E-state index in [0.717, 1.165) is 92.2 Å². The first-order valence-electron chi connectivity index (χ1n) is 23.8.